The van der Waals surface area contributed by atoms with Crippen molar-refractivity contribution in [1.29, 1.82) is 0 Å². The lowest BCUT2D eigenvalue weighted by Crippen LogP contribution is -2.13. The molecular weight excluding hydrogens is 250 g/mol. The molecule has 94 valence electrons. The van der Waals surface area contributed by atoms with Gasteiger partial charge in [0.1, 0.15) is 0 Å². The van der Waals surface area contributed by atoms with Gasteiger partial charge in [0.15, 0.2) is 10.9 Å². The van der Waals surface area contributed by atoms with Gasteiger partial charge < -0.3 is 10.5 Å². The summed E-state index contributed by atoms with van der Waals surface area (Å²) in [4.78, 5) is 17.2. The van der Waals surface area contributed by atoms with Crippen molar-refractivity contribution >= 4 is 28.1 Å². The number of anilines is 2. The fourth-order valence-corrected chi connectivity index (χ4v) is 2.20. The van der Waals surface area contributed by atoms with Crippen LogP contribution in [0.1, 0.15) is 15.2 Å². The number of carbonyl (C=O) groups is 1. The number of para-hydroxylation sites is 1. The van der Waals surface area contributed by atoms with Gasteiger partial charge in [-0.05, 0) is 19.1 Å². The molecule has 5 nitrogen and oxygen atoms in total. The molecule has 3 N–H and O–H groups in total. The molecule has 1 amide bonds. The van der Waals surface area contributed by atoms with Gasteiger partial charge in [0, 0.05) is 11.1 Å². The summed E-state index contributed by atoms with van der Waals surface area (Å²) in [5.74, 6) is 0.0942. The molecule has 0 fully saturated rings. The van der Waals surface area contributed by atoms with Gasteiger partial charge in [-0.15, -0.1) is 11.3 Å². The molecule has 0 radical (unpaired) electrons. The summed E-state index contributed by atoms with van der Waals surface area (Å²) in [6.45, 7) is 1.93. The number of ether oxygens (including phenoxy) is 1. The monoisotopic (exact) mass is 263 g/mol. The first kappa shape index (κ1) is 12.4. The number of carbonyl (C=O) groups excluding carboxylic acids is 1. The van der Waals surface area contributed by atoms with E-state index in [2.05, 4.69) is 10.3 Å². The van der Waals surface area contributed by atoms with E-state index < -0.39 is 0 Å². The Hall–Kier alpha value is -2.08. The van der Waals surface area contributed by atoms with Crippen LogP contribution in [0.5, 0.6) is 5.75 Å². The third kappa shape index (κ3) is 2.43. The molecule has 0 aliphatic heterocycles. The first-order valence-electron chi connectivity index (χ1n) is 5.28. The van der Waals surface area contributed by atoms with Crippen LogP contribution in [0.25, 0.3) is 0 Å². The second-order valence-corrected chi connectivity index (χ2v) is 4.89. The van der Waals surface area contributed by atoms with Crippen molar-refractivity contribution in [3.05, 3.63) is 34.8 Å². The molecule has 6 heteroatoms. The zero-order valence-corrected chi connectivity index (χ0v) is 10.9. The van der Waals surface area contributed by atoms with E-state index in [1.54, 1.807) is 24.4 Å². The predicted octanol–water partition coefficient (Wildman–Crippen LogP) is 2.29. The number of methoxy groups -OCH3 is 1. The Morgan fingerprint density at radius 2 is 2.28 bits per heavy atom. The average molecular weight is 263 g/mol. The van der Waals surface area contributed by atoms with Crippen LogP contribution in [-0.4, -0.2) is 18.0 Å². The maximum atomic E-state index is 12.1. The maximum absolute atomic E-state index is 12.1. The number of thiazole rings is 1. The van der Waals surface area contributed by atoms with E-state index in [1.165, 1.54) is 18.4 Å². The summed E-state index contributed by atoms with van der Waals surface area (Å²) in [6, 6.07) is 5.05. The van der Waals surface area contributed by atoms with Crippen LogP contribution >= 0.6 is 11.3 Å². The number of hydrogen-bond acceptors (Lipinski definition) is 5. The largest absolute Gasteiger partial charge is 0.494 e. The Kier molecular flexibility index (Phi) is 3.47. The minimum Gasteiger partial charge on any atom is -0.494 e. The summed E-state index contributed by atoms with van der Waals surface area (Å²) in [5, 5.41) is 3.27. The molecule has 0 aliphatic rings. The minimum absolute atomic E-state index is 0.284. The molecule has 0 aliphatic carbocycles. The number of benzene rings is 1. The van der Waals surface area contributed by atoms with Crippen LogP contribution in [0.2, 0.25) is 0 Å². The normalized spacial score (nSPS) is 10.1. The van der Waals surface area contributed by atoms with Gasteiger partial charge in [-0.25, -0.2) is 4.98 Å². The lowest BCUT2D eigenvalue weighted by atomic mass is 10.1. The zero-order chi connectivity index (χ0) is 13.1. The van der Waals surface area contributed by atoms with Crippen molar-refractivity contribution in [3.8, 4) is 5.75 Å². The second kappa shape index (κ2) is 5.05. The number of nitrogens with one attached hydrogen (secondary N) is 1. The highest BCUT2D eigenvalue weighted by molar-refractivity contribution is 7.15. The van der Waals surface area contributed by atoms with Gasteiger partial charge >= 0.3 is 0 Å². The van der Waals surface area contributed by atoms with Crippen LogP contribution in [0.15, 0.2) is 24.4 Å². The highest BCUT2D eigenvalue weighted by atomic mass is 32.1. The molecule has 0 saturated heterocycles. The van der Waals surface area contributed by atoms with E-state index in [0.29, 0.717) is 22.1 Å². The first-order valence-corrected chi connectivity index (χ1v) is 6.09. The standard InChI is InChI=1S/C12H13N3O2S/c1-7-6-14-12(18-7)15-11(16)8-4-3-5-9(13)10(8)17-2/h3-6H,13H2,1-2H3,(H,14,15,16). The lowest BCUT2D eigenvalue weighted by Gasteiger charge is -2.09. The maximum Gasteiger partial charge on any atom is 0.261 e. The summed E-state index contributed by atoms with van der Waals surface area (Å²) >= 11 is 1.41. The molecule has 0 saturated carbocycles. The Morgan fingerprint density at radius 1 is 1.50 bits per heavy atom. The van der Waals surface area contributed by atoms with E-state index >= 15 is 0 Å². The van der Waals surface area contributed by atoms with Gasteiger partial charge in [0.05, 0.1) is 18.4 Å². The molecular formula is C12H13N3O2S. The number of aromatic nitrogens is 1. The van der Waals surface area contributed by atoms with E-state index in [-0.39, 0.29) is 5.91 Å². The van der Waals surface area contributed by atoms with Crippen LogP contribution in [0.3, 0.4) is 0 Å². The molecule has 0 atom stereocenters. The van der Waals surface area contributed by atoms with Gasteiger partial charge in [-0.1, -0.05) is 6.07 Å². The number of rotatable bonds is 3. The van der Waals surface area contributed by atoms with Crippen molar-refractivity contribution in [2.75, 3.05) is 18.2 Å². The summed E-state index contributed by atoms with van der Waals surface area (Å²) in [7, 11) is 1.48. The number of amides is 1. The zero-order valence-electron chi connectivity index (χ0n) is 10.1. The molecule has 2 rings (SSSR count). The first-order chi connectivity index (χ1) is 8.61. The topological polar surface area (TPSA) is 77.2 Å². The van der Waals surface area contributed by atoms with Crippen molar-refractivity contribution in [1.82, 2.24) is 4.98 Å². The molecule has 18 heavy (non-hydrogen) atoms. The van der Waals surface area contributed by atoms with E-state index in [4.69, 9.17) is 10.5 Å². The third-order valence-corrected chi connectivity index (χ3v) is 3.16. The van der Waals surface area contributed by atoms with Crippen LogP contribution in [-0.2, 0) is 0 Å². The Balaban J connectivity index is 2.26. The Labute approximate surface area is 109 Å². The minimum atomic E-state index is -0.284. The highest BCUT2D eigenvalue weighted by Gasteiger charge is 2.15. The molecule has 1 heterocycles. The smallest absolute Gasteiger partial charge is 0.261 e. The fourth-order valence-electron chi connectivity index (χ4n) is 1.54. The fraction of sp³-hybridized carbons (Fsp3) is 0.167. The SMILES string of the molecule is COc1c(N)cccc1C(=O)Nc1ncc(C)s1. The average Bonchev–Trinajstić information content (AvgIpc) is 2.74. The van der Waals surface area contributed by atoms with Crippen molar-refractivity contribution in [2.45, 2.75) is 6.92 Å². The summed E-state index contributed by atoms with van der Waals surface area (Å²) < 4.78 is 5.14. The second-order valence-electron chi connectivity index (χ2n) is 3.66. The van der Waals surface area contributed by atoms with Crippen LogP contribution in [0.4, 0.5) is 10.8 Å². The van der Waals surface area contributed by atoms with Crippen molar-refractivity contribution in [2.24, 2.45) is 0 Å². The molecule has 2 aromatic rings. The number of hydrogen-bond donors (Lipinski definition) is 2. The van der Waals surface area contributed by atoms with Gasteiger partial charge in [-0.2, -0.15) is 0 Å². The quantitative estimate of drug-likeness (QED) is 0.833. The predicted molar refractivity (Wildman–Crippen MR) is 72.2 cm³/mol. The third-order valence-electron chi connectivity index (χ3n) is 2.34. The number of aryl methyl sites for hydroxylation is 1. The van der Waals surface area contributed by atoms with Crippen molar-refractivity contribution < 1.29 is 9.53 Å². The van der Waals surface area contributed by atoms with E-state index in [1.807, 2.05) is 6.92 Å². The van der Waals surface area contributed by atoms with Crippen LogP contribution < -0.4 is 15.8 Å². The van der Waals surface area contributed by atoms with Crippen molar-refractivity contribution in [3.63, 3.8) is 0 Å². The van der Waals surface area contributed by atoms with E-state index in [0.717, 1.165) is 4.88 Å². The van der Waals surface area contributed by atoms with Crippen LogP contribution in [0, 0.1) is 6.92 Å². The number of nitrogen functional groups attached to an aromatic ring is 1. The molecule has 1 aromatic heterocycles. The highest BCUT2D eigenvalue weighted by Crippen LogP contribution is 2.27. The molecule has 0 spiro atoms. The summed E-state index contributed by atoms with van der Waals surface area (Å²) in [6.07, 6.45) is 1.71. The molecule has 0 bridgehead atoms. The lowest BCUT2D eigenvalue weighted by molar-refractivity contribution is 0.102. The van der Waals surface area contributed by atoms with E-state index in [9.17, 15) is 4.79 Å². The summed E-state index contributed by atoms with van der Waals surface area (Å²) in [5.41, 5.74) is 6.57. The van der Waals surface area contributed by atoms with Gasteiger partial charge in [-0.3, -0.25) is 10.1 Å². The molecule has 0 unspecified atom stereocenters. The van der Waals surface area contributed by atoms with Gasteiger partial charge in [0.2, 0.25) is 0 Å². The Bertz CT molecular complexity index is 580. The van der Waals surface area contributed by atoms with Gasteiger partial charge in [0.25, 0.3) is 5.91 Å². The number of nitrogens with two attached hydrogens (primary N) is 1. The number of nitrogens with zero attached hydrogens (tertiary/aromatic N) is 1. The Morgan fingerprint density at radius 3 is 2.89 bits per heavy atom. The molecule has 1 aromatic carbocycles.